The average Bonchev–Trinajstić information content (AvgIpc) is 1.94. The van der Waals surface area contributed by atoms with E-state index < -0.39 is 6.17 Å². The quantitative estimate of drug-likeness (QED) is 0.565. The molecule has 1 aliphatic carbocycles. The smallest absolute Gasteiger partial charge is 0.101 e. The maximum absolute atomic E-state index is 12.6. The van der Waals surface area contributed by atoms with E-state index in [-0.39, 0.29) is 18.6 Å². The molecule has 0 spiro atoms. The van der Waals surface area contributed by atoms with E-state index in [1.807, 2.05) is 0 Å². The van der Waals surface area contributed by atoms with Gasteiger partial charge in [0.25, 0.3) is 0 Å². The number of rotatable bonds is 1. The van der Waals surface area contributed by atoms with Gasteiger partial charge in [0, 0.05) is 12.6 Å². The number of hydrogen-bond donors (Lipinski definition) is 2. The summed E-state index contributed by atoms with van der Waals surface area (Å²) in [5, 5.41) is 8.73. The van der Waals surface area contributed by atoms with Crippen LogP contribution in [-0.2, 0) is 0 Å². The van der Waals surface area contributed by atoms with E-state index in [1.165, 1.54) is 0 Å². The molecule has 0 amide bonds. The van der Waals surface area contributed by atoms with Crippen LogP contribution in [0, 0.1) is 5.92 Å². The SMILES string of the molecule is NC1CCC(F)C[C@H]1CO. The third-order valence-corrected chi connectivity index (χ3v) is 2.21. The van der Waals surface area contributed by atoms with Crippen LogP contribution in [0.25, 0.3) is 0 Å². The van der Waals surface area contributed by atoms with Gasteiger partial charge in [-0.25, -0.2) is 4.39 Å². The Bertz CT molecular complexity index is 110. The second-order valence-electron chi connectivity index (χ2n) is 3.02. The van der Waals surface area contributed by atoms with Crippen molar-refractivity contribution in [1.29, 1.82) is 0 Å². The fourth-order valence-corrected chi connectivity index (χ4v) is 1.44. The Kier molecular flexibility index (Phi) is 2.63. The Hall–Kier alpha value is -0.150. The maximum Gasteiger partial charge on any atom is 0.101 e. The Morgan fingerprint density at radius 2 is 2.20 bits per heavy atom. The first-order chi connectivity index (χ1) is 4.74. The van der Waals surface area contributed by atoms with Gasteiger partial charge in [-0.2, -0.15) is 0 Å². The van der Waals surface area contributed by atoms with Crippen LogP contribution in [0.15, 0.2) is 0 Å². The highest BCUT2D eigenvalue weighted by Crippen LogP contribution is 2.24. The molecule has 2 unspecified atom stereocenters. The number of alkyl halides is 1. The van der Waals surface area contributed by atoms with E-state index in [0.29, 0.717) is 19.3 Å². The van der Waals surface area contributed by atoms with Crippen molar-refractivity contribution < 1.29 is 9.50 Å². The van der Waals surface area contributed by atoms with Crippen LogP contribution in [0.1, 0.15) is 19.3 Å². The third kappa shape index (κ3) is 1.67. The monoisotopic (exact) mass is 147 g/mol. The predicted octanol–water partition coefficient (Wildman–Crippen LogP) is 0.444. The topological polar surface area (TPSA) is 46.2 Å². The van der Waals surface area contributed by atoms with Gasteiger partial charge in [0.15, 0.2) is 0 Å². The molecular formula is C7H14FNO. The fraction of sp³-hybridized carbons (Fsp3) is 1.00. The van der Waals surface area contributed by atoms with Crippen LogP contribution in [0.2, 0.25) is 0 Å². The zero-order valence-corrected chi connectivity index (χ0v) is 5.96. The van der Waals surface area contributed by atoms with Crippen molar-refractivity contribution in [3.8, 4) is 0 Å². The highest BCUT2D eigenvalue weighted by atomic mass is 19.1. The Morgan fingerprint density at radius 1 is 1.50 bits per heavy atom. The third-order valence-electron chi connectivity index (χ3n) is 2.21. The van der Waals surface area contributed by atoms with Crippen molar-refractivity contribution in [3.63, 3.8) is 0 Å². The molecule has 10 heavy (non-hydrogen) atoms. The zero-order chi connectivity index (χ0) is 7.56. The first-order valence-electron chi connectivity index (χ1n) is 3.74. The molecular weight excluding hydrogens is 133 g/mol. The van der Waals surface area contributed by atoms with Crippen LogP contribution in [0.5, 0.6) is 0 Å². The van der Waals surface area contributed by atoms with Gasteiger partial charge in [-0.05, 0) is 25.2 Å². The molecule has 0 heterocycles. The van der Waals surface area contributed by atoms with E-state index >= 15 is 0 Å². The summed E-state index contributed by atoms with van der Waals surface area (Å²) in [6.07, 6.45) is 0.985. The second-order valence-corrected chi connectivity index (χ2v) is 3.02. The lowest BCUT2D eigenvalue weighted by Gasteiger charge is -2.28. The fourth-order valence-electron chi connectivity index (χ4n) is 1.44. The molecule has 3 atom stereocenters. The molecule has 0 aromatic carbocycles. The molecule has 1 aliphatic rings. The Balaban J connectivity index is 2.38. The number of aliphatic hydroxyl groups is 1. The minimum absolute atomic E-state index is 0.0104. The molecule has 60 valence electrons. The van der Waals surface area contributed by atoms with Crippen LogP contribution in [0.3, 0.4) is 0 Å². The van der Waals surface area contributed by atoms with E-state index in [1.54, 1.807) is 0 Å². The molecule has 0 aliphatic heterocycles. The minimum Gasteiger partial charge on any atom is -0.396 e. The number of hydrogen-bond acceptors (Lipinski definition) is 2. The largest absolute Gasteiger partial charge is 0.396 e. The summed E-state index contributed by atoms with van der Waals surface area (Å²) in [5.41, 5.74) is 5.63. The molecule has 2 nitrogen and oxygen atoms in total. The minimum atomic E-state index is -0.739. The van der Waals surface area contributed by atoms with Crippen LogP contribution in [0.4, 0.5) is 4.39 Å². The lowest BCUT2D eigenvalue weighted by molar-refractivity contribution is 0.119. The van der Waals surface area contributed by atoms with Gasteiger partial charge < -0.3 is 10.8 Å². The van der Waals surface area contributed by atoms with Gasteiger partial charge in [0.1, 0.15) is 6.17 Å². The lowest BCUT2D eigenvalue weighted by atomic mass is 9.85. The van der Waals surface area contributed by atoms with Crippen molar-refractivity contribution in [2.45, 2.75) is 31.5 Å². The standard InChI is InChI=1S/C7H14FNO/c8-6-1-2-7(9)5(3-6)4-10/h5-7,10H,1-4,9H2/t5-,6?,7?/m0/s1. The number of halogens is 1. The van der Waals surface area contributed by atoms with Gasteiger partial charge in [0.05, 0.1) is 0 Å². The number of nitrogens with two attached hydrogens (primary N) is 1. The van der Waals surface area contributed by atoms with Crippen molar-refractivity contribution in [2.24, 2.45) is 11.7 Å². The van der Waals surface area contributed by atoms with Crippen LogP contribution in [-0.4, -0.2) is 23.9 Å². The molecule has 1 saturated carbocycles. The molecule has 3 heteroatoms. The molecule has 1 fully saturated rings. The maximum atomic E-state index is 12.6. The molecule has 0 saturated heterocycles. The highest BCUT2D eigenvalue weighted by Gasteiger charge is 2.26. The second kappa shape index (κ2) is 3.30. The first kappa shape index (κ1) is 7.95. The van der Waals surface area contributed by atoms with Crippen LogP contribution < -0.4 is 5.73 Å². The van der Waals surface area contributed by atoms with Gasteiger partial charge in [0.2, 0.25) is 0 Å². The van der Waals surface area contributed by atoms with E-state index in [4.69, 9.17) is 10.8 Å². The predicted molar refractivity (Wildman–Crippen MR) is 37.3 cm³/mol. The summed E-state index contributed by atoms with van der Waals surface area (Å²) < 4.78 is 12.6. The van der Waals surface area contributed by atoms with Gasteiger partial charge in [-0.3, -0.25) is 0 Å². The van der Waals surface area contributed by atoms with E-state index in [2.05, 4.69) is 0 Å². The van der Waals surface area contributed by atoms with Crippen molar-refractivity contribution in [3.05, 3.63) is 0 Å². The Morgan fingerprint density at radius 3 is 2.70 bits per heavy atom. The van der Waals surface area contributed by atoms with Gasteiger partial charge in [-0.1, -0.05) is 0 Å². The van der Waals surface area contributed by atoms with Crippen molar-refractivity contribution in [2.75, 3.05) is 6.61 Å². The Labute approximate surface area is 60.2 Å². The molecule has 0 aromatic heterocycles. The molecule has 0 aromatic rings. The van der Waals surface area contributed by atoms with E-state index in [9.17, 15) is 4.39 Å². The van der Waals surface area contributed by atoms with Crippen molar-refractivity contribution in [1.82, 2.24) is 0 Å². The van der Waals surface area contributed by atoms with Gasteiger partial charge in [-0.15, -0.1) is 0 Å². The van der Waals surface area contributed by atoms with E-state index in [0.717, 1.165) is 0 Å². The number of aliphatic hydroxyl groups excluding tert-OH is 1. The van der Waals surface area contributed by atoms with Gasteiger partial charge >= 0.3 is 0 Å². The summed E-state index contributed by atoms with van der Waals surface area (Å²) in [6, 6.07) is 0.0111. The normalized spacial score (nSPS) is 41.7. The average molecular weight is 147 g/mol. The molecule has 0 radical (unpaired) electrons. The summed E-state index contributed by atoms with van der Waals surface area (Å²) in [7, 11) is 0. The van der Waals surface area contributed by atoms with Crippen molar-refractivity contribution >= 4 is 0 Å². The molecule has 1 rings (SSSR count). The van der Waals surface area contributed by atoms with Crippen LogP contribution >= 0.6 is 0 Å². The highest BCUT2D eigenvalue weighted by molar-refractivity contribution is 4.81. The summed E-state index contributed by atoms with van der Waals surface area (Å²) in [6.45, 7) is 0.0294. The first-order valence-corrected chi connectivity index (χ1v) is 3.74. The summed E-state index contributed by atoms with van der Waals surface area (Å²) in [5.74, 6) is -0.0104. The zero-order valence-electron chi connectivity index (χ0n) is 5.96. The summed E-state index contributed by atoms with van der Waals surface area (Å²) in [4.78, 5) is 0. The molecule has 0 bridgehead atoms. The molecule has 3 N–H and O–H groups in total. The lowest BCUT2D eigenvalue weighted by Crippen LogP contribution is -2.38. The summed E-state index contributed by atoms with van der Waals surface area (Å²) >= 11 is 0.